The number of carbonyl (C=O) groups is 1. The predicted octanol–water partition coefficient (Wildman–Crippen LogP) is 1.74. The lowest BCUT2D eigenvalue weighted by molar-refractivity contribution is 0.0692. The first kappa shape index (κ1) is 16.4. The van der Waals surface area contributed by atoms with Crippen molar-refractivity contribution in [3.8, 4) is 0 Å². The quantitative estimate of drug-likeness (QED) is 0.851. The highest BCUT2D eigenvalue weighted by atomic mass is 16.5. The van der Waals surface area contributed by atoms with Crippen molar-refractivity contribution < 1.29 is 9.53 Å². The molecule has 0 radical (unpaired) electrons. The zero-order chi connectivity index (χ0) is 16.9. The highest BCUT2D eigenvalue weighted by molar-refractivity contribution is 5.90. The van der Waals surface area contributed by atoms with Crippen LogP contribution in [0.15, 0.2) is 24.7 Å². The fourth-order valence-corrected chi connectivity index (χ4v) is 3.07. The number of amides is 1. The summed E-state index contributed by atoms with van der Waals surface area (Å²) in [5.41, 5.74) is 1.97. The van der Waals surface area contributed by atoms with Gasteiger partial charge in [-0.15, -0.1) is 0 Å². The van der Waals surface area contributed by atoms with Crippen LogP contribution in [0.25, 0.3) is 0 Å². The highest BCUT2D eigenvalue weighted by Gasteiger charge is 2.29. The molecule has 0 bridgehead atoms. The topological polar surface area (TPSA) is 81.1 Å². The van der Waals surface area contributed by atoms with Gasteiger partial charge in [-0.05, 0) is 25.8 Å². The van der Waals surface area contributed by atoms with Crippen LogP contribution in [0.3, 0.4) is 0 Å². The van der Waals surface area contributed by atoms with Crippen LogP contribution >= 0.6 is 0 Å². The van der Waals surface area contributed by atoms with Gasteiger partial charge in [0.05, 0.1) is 12.3 Å². The molecule has 0 N–H and O–H groups in total. The van der Waals surface area contributed by atoms with E-state index in [1.54, 1.807) is 25.6 Å². The van der Waals surface area contributed by atoms with Gasteiger partial charge in [0.15, 0.2) is 0 Å². The average Bonchev–Trinajstić information content (AvgIpc) is 2.63. The molecule has 1 aliphatic heterocycles. The number of nitrogens with zero attached hydrogens (tertiary/aromatic N) is 5. The van der Waals surface area contributed by atoms with E-state index in [-0.39, 0.29) is 17.6 Å². The Balaban J connectivity index is 1.81. The number of ether oxygens (including phenoxy) is 1. The Morgan fingerprint density at radius 2 is 2.12 bits per heavy atom. The van der Waals surface area contributed by atoms with Gasteiger partial charge in [-0.2, -0.15) is 0 Å². The smallest absolute Gasteiger partial charge is 0.291 e. The van der Waals surface area contributed by atoms with E-state index >= 15 is 0 Å². The van der Waals surface area contributed by atoms with E-state index in [1.165, 1.54) is 0 Å². The summed E-state index contributed by atoms with van der Waals surface area (Å²) >= 11 is 0. The first-order chi connectivity index (χ1) is 11.7. The molecule has 24 heavy (non-hydrogen) atoms. The van der Waals surface area contributed by atoms with E-state index < -0.39 is 0 Å². The second-order valence-electron chi connectivity index (χ2n) is 5.92. The maximum absolute atomic E-state index is 12.6. The molecule has 1 saturated heterocycles. The molecular formula is C17H21N5O2. The minimum atomic E-state index is -0.126. The van der Waals surface area contributed by atoms with E-state index in [4.69, 9.17) is 4.74 Å². The number of piperidine rings is 1. The van der Waals surface area contributed by atoms with Crippen LogP contribution in [0, 0.1) is 6.92 Å². The molecule has 3 rings (SSSR count). The third kappa shape index (κ3) is 3.56. The van der Waals surface area contributed by atoms with Crippen molar-refractivity contribution in [1.29, 1.82) is 0 Å². The number of carbonyl (C=O) groups excluding carboxylic acids is 1. The third-order valence-electron chi connectivity index (χ3n) is 4.17. The Morgan fingerprint density at radius 3 is 2.88 bits per heavy atom. The van der Waals surface area contributed by atoms with Gasteiger partial charge in [0.25, 0.3) is 5.91 Å². The van der Waals surface area contributed by atoms with Crippen molar-refractivity contribution in [2.24, 2.45) is 0 Å². The van der Waals surface area contributed by atoms with Crippen molar-refractivity contribution >= 4 is 5.91 Å². The van der Waals surface area contributed by atoms with Gasteiger partial charge in [-0.25, -0.2) is 19.9 Å². The maximum atomic E-state index is 12.6. The Labute approximate surface area is 141 Å². The Bertz CT molecular complexity index is 707. The maximum Gasteiger partial charge on any atom is 0.291 e. The van der Waals surface area contributed by atoms with Crippen LogP contribution in [0.4, 0.5) is 0 Å². The van der Waals surface area contributed by atoms with Crippen LogP contribution < -0.4 is 0 Å². The summed E-state index contributed by atoms with van der Waals surface area (Å²) < 4.78 is 5.26. The van der Waals surface area contributed by atoms with Crippen molar-refractivity contribution in [2.45, 2.75) is 32.3 Å². The molecule has 1 atom stereocenters. The molecule has 1 fully saturated rings. The molecule has 2 aromatic heterocycles. The van der Waals surface area contributed by atoms with Crippen LogP contribution in [-0.4, -0.2) is 50.9 Å². The summed E-state index contributed by atoms with van der Waals surface area (Å²) in [4.78, 5) is 31.4. The lowest BCUT2D eigenvalue weighted by Gasteiger charge is -2.32. The normalized spacial score (nSPS) is 17.8. The van der Waals surface area contributed by atoms with Gasteiger partial charge < -0.3 is 9.64 Å². The average molecular weight is 327 g/mol. The van der Waals surface area contributed by atoms with Crippen LogP contribution in [0.2, 0.25) is 0 Å². The summed E-state index contributed by atoms with van der Waals surface area (Å²) in [5.74, 6) is 1.03. The van der Waals surface area contributed by atoms with E-state index in [0.717, 1.165) is 36.5 Å². The molecular weight excluding hydrogens is 306 g/mol. The van der Waals surface area contributed by atoms with Gasteiger partial charge >= 0.3 is 0 Å². The molecule has 2 aromatic rings. The van der Waals surface area contributed by atoms with Gasteiger partial charge in [-0.1, -0.05) is 0 Å². The monoisotopic (exact) mass is 327 g/mol. The number of methoxy groups -OCH3 is 1. The Morgan fingerprint density at radius 1 is 1.33 bits per heavy atom. The molecule has 1 amide bonds. The number of hydrogen-bond acceptors (Lipinski definition) is 6. The van der Waals surface area contributed by atoms with E-state index in [2.05, 4.69) is 19.9 Å². The molecule has 0 aromatic carbocycles. The van der Waals surface area contributed by atoms with Gasteiger partial charge in [-0.3, -0.25) is 4.79 Å². The summed E-state index contributed by atoms with van der Waals surface area (Å²) in [6, 6.07) is 1.70. The molecule has 0 spiro atoms. The summed E-state index contributed by atoms with van der Waals surface area (Å²) in [6.07, 6.45) is 6.92. The first-order valence-electron chi connectivity index (χ1n) is 8.06. The molecule has 7 nitrogen and oxygen atoms in total. The molecule has 3 heterocycles. The minimum absolute atomic E-state index is 0.126. The number of hydrogen-bond donors (Lipinski definition) is 0. The number of likely N-dealkylation sites (tertiary alicyclic amines) is 1. The van der Waals surface area contributed by atoms with Crippen molar-refractivity contribution in [3.05, 3.63) is 47.6 Å². The Kier molecular flexibility index (Phi) is 5.10. The van der Waals surface area contributed by atoms with Crippen LogP contribution in [-0.2, 0) is 11.3 Å². The predicted molar refractivity (Wildman–Crippen MR) is 87.4 cm³/mol. The van der Waals surface area contributed by atoms with Crippen molar-refractivity contribution in [1.82, 2.24) is 24.8 Å². The largest absolute Gasteiger partial charge is 0.380 e. The molecule has 0 aliphatic carbocycles. The SMILES string of the molecule is COCc1cnc(C)nc1C1CCCN(C(=O)c2ncccn2)C1. The number of aromatic nitrogens is 4. The molecule has 0 saturated carbocycles. The lowest BCUT2D eigenvalue weighted by atomic mass is 9.92. The highest BCUT2D eigenvalue weighted by Crippen LogP contribution is 2.28. The van der Waals surface area contributed by atoms with Crippen molar-refractivity contribution in [2.75, 3.05) is 20.2 Å². The van der Waals surface area contributed by atoms with Crippen molar-refractivity contribution in [3.63, 3.8) is 0 Å². The second-order valence-corrected chi connectivity index (χ2v) is 5.92. The molecule has 1 aliphatic rings. The summed E-state index contributed by atoms with van der Waals surface area (Å²) in [5, 5.41) is 0. The van der Waals surface area contributed by atoms with Gasteiger partial charge in [0.1, 0.15) is 5.82 Å². The number of rotatable bonds is 4. The summed E-state index contributed by atoms with van der Waals surface area (Å²) in [7, 11) is 1.66. The molecule has 7 heteroatoms. The second kappa shape index (κ2) is 7.44. The standard InChI is InChI=1S/C17H21N5O2/c1-12-20-9-14(11-24-2)15(21-12)13-5-3-8-22(10-13)17(23)16-18-6-4-7-19-16/h4,6-7,9,13H,3,5,8,10-11H2,1-2H3. The lowest BCUT2D eigenvalue weighted by Crippen LogP contribution is -2.40. The molecule has 126 valence electrons. The zero-order valence-corrected chi connectivity index (χ0v) is 14.0. The molecule has 1 unspecified atom stereocenters. The Hall–Kier alpha value is -2.41. The zero-order valence-electron chi connectivity index (χ0n) is 14.0. The van der Waals surface area contributed by atoms with Crippen LogP contribution in [0.1, 0.15) is 46.5 Å². The summed E-state index contributed by atoms with van der Waals surface area (Å²) in [6.45, 7) is 3.69. The van der Waals surface area contributed by atoms with E-state index in [9.17, 15) is 4.79 Å². The van der Waals surface area contributed by atoms with E-state index in [0.29, 0.717) is 13.2 Å². The van der Waals surface area contributed by atoms with Crippen LogP contribution in [0.5, 0.6) is 0 Å². The first-order valence-corrected chi connectivity index (χ1v) is 8.06. The van der Waals surface area contributed by atoms with Gasteiger partial charge in [0, 0.05) is 50.3 Å². The minimum Gasteiger partial charge on any atom is -0.380 e. The number of aryl methyl sites for hydroxylation is 1. The van der Waals surface area contributed by atoms with E-state index in [1.807, 2.05) is 18.0 Å². The third-order valence-corrected chi connectivity index (χ3v) is 4.17. The fourth-order valence-electron chi connectivity index (χ4n) is 3.07. The fraction of sp³-hybridized carbons (Fsp3) is 0.471. The van der Waals surface area contributed by atoms with Gasteiger partial charge in [0.2, 0.25) is 5.82 Å².